The third-order valence-corrected chi connectivity index (χ3v) is 5.73. The van der Waals surface area contributed by atoms with Gasteiger partial charge in [0.1, 0.15) is 0 Å². The molecule has 2 aromatic carbocycles. The van der Waals surface area contributed by atoms with Crippen LogP contribution >= 0.6 is 0 Å². The van der Waals surface area contributed by atoms with Crippen LogP contribution in [0.15, 0.2) is 71.9 Å². The standard InChI is InChI=1S/C17H14FNSe/c18-14-7-4-6-13(12-14)17-16(10-5-11-19-17)20-15-8-2-1-3-9-15/h1-9,11-12,16H,10H2. The fourth-order valence-corrected chi connectivity index (χ4v) is 4.62. The van der Waals surface area contributed by atoms with Crippen LogP contribution in [0.2, 0.25) is 4.82 Å². The van der Waals surface area contributed by atoms with Crippen LogP contribution in [0.5, 0.6) is 0 Å². The van der Waals surface area contributed by atoms with Crippen molar-refractivity contribution in [1.82, 2.24) is 0 Å². The zero-order valence-electron chi connectivity index (χ0n) is 10.9. The maximum absolute atomic E-state index is 13.4. The van der Waals surface area contributed by atoms with E-state index < -0.39 is 0 Å². The van der Waals surface area contributed by atoms with Gasteiger partial charge in [0.25, 0.3) is 0 Å². The molecule has 1 heterocycles. The Bertz CT molecular complexity index is 649. The number of hydrogen-bond acceptors (Lipinski definition) is 1. The van der Waals surface area contributed by atoms with Crippen molar-refractivity contribution in [2.24, 2.45) is 4.99 Å². The summed E-state index contributed by atoms with van der Waals surface area (Å²) in [4.78, 5) is 4.88. The van der Waals surface area contributed by atoms with E-state index in [1.165, 1.54) is 10.5 Å². The Morgan fingerprint density at radius 1 is 1.05 bits per heavy atom. The Morgan fingerprint density at radius 2 is 1.90 bits per heavy atom. The van der Waals surface area contributed by atoms with Crippen LogP contribution in [0.25, 0.3) is 0 Å². The number of allylic oxidation sites excluding steroid dienone is 1. The Hall–Kier alpha value is -1.70. The summed E-state index contributed by atoms with van der Waals surface area (Å²) in [5.74, 6) is -0.203. The average molecular weight is 330 g/mol. The van der Waals surface area contributed by atoms with Crippen molar-refractivity contribution in [3.05, 3.63) is 78.3 Å². The molecule has 0 radical (unpaired) electrons. The predicted octanol–water partition coefficient (Wildman–Crippen LogP) is 3.35. The molecule has 0 saturated heterocycles. The van der Waals surface area contributed by atoms with Gasteiger partial charge >= 0.3 is 124 Å². The molecule has 0 aromatic heterocycles. The Labute approximate surface area is 124 Å². The van der Waals surface area contributed by atoms with Crippen molar-refractivity contribution in [3.8, 4) is 0 Å². The fourth-order valence-electron chi connectivity index (χ4n) is 2.19. The van der Waals surface area contributed by atoms with Gasteiger partial charge in [0.15, 0.2) is 0 Å². The second-order valence-electron chi connectivity index (χ2n) is 4.56. The first kappa shape index (κ1) is 13.3. The summed E-state index contributed by atoms with van der Waals surface area (Å²) in [5.41, 5.74) is 1.91. The summed E-state index contributed by atoms with van der Waals surface area (Å²) < 4.78 is 14.8. The van der Waals surface area contributed by atoms with Gasteiger partial charge in [0, 0.05) is 0 Å². The molecule has 20 heavy (non-hydrogen) atoms. The SMILES string of the molecule is Fc1cccc(C2=NC=CCC2[Se]c2ccccc2)c1. The summed E-state index contributed by atoms with van der Waals surface area (Å²) in [7, 11) is 0. The van der Waals surface area contributed by atoms with Gasteiger partial charge in [0.05, 0.1) is 0 Å². The molecule has 0 N–H and O–H groups in total. The predicted molar refractivity (Wildman–Crippen MR) is 82.3 cm³/mol. The van der Waals surface area contributed by atoms with Crippen molar-refractivity contribution >= 4 is 25.1 Å². The van der Waals surface area contributed by atoms with Crippen LogP contribution in [-0.4, -0.2) is 20.7 Å². The molecule has 1 aliphatic rings. The van der Waals surface area contributed by atoms with E-state index in [2.05, 4.69) is 35.3 Å². The van der Waals surface area contributed by atoms with E-state index in [1.54, 1.807) is 12.1 Å². The molecule has 1 aliphatic heterocycles. The zero-order chi connectivity index (χ0) is 13.8. The van der Waals surface area contributed by atoms with Gasteiger partial charge < -0.3 is 0 Å². The van der Waals surface area contributed by atoms with Gasteiger partial charge in [-0.15, -0.1) is 0 Å². The molecule has 3 heteroatoms. The van der Waals surface area contributed by atoms with Crippen molar-refractivity contribution < 1.29 is 4.39 Å². The van der Waals surface area contributed by atoms with E-state index in [0.717, 1.165) is 17.7 Å². The first-order valence-electron chi connectivity index (χ1n) is 6.53. The number of rotatable bonds is 3. The van der Waals surface area contributed by atoms with E-state index in [1.807, 2.05) is 18.3 Å². The average Bonchev–Trinajstić information content (AvgIpc) is 2.49. The molecule has 1 nitrogen and oxygen atoms in total. The molecule has 0 amide bonds. The molecule has 0 saturated carbocycles. The van der Waals surface area contributed by atoms with E-state index in [0.29, 0.717) is 19.8 Å². The molecule has 2 aromatic rings. The molecule has 1 unspecified atom stereocenters. The first-order chi connectivity index (χ1) is 9.83. The number of nitrogens with zero attached hydrogens (tertiary/aromatic N) is 1. The van der Waals surface area contributed by atoms with Crippen molar-refractivity contribution in [3.63, 3.8) is 0 Å². The maximum atomic E-state index is 13.4. The van der Waals surface area contributed by atoms with Crippen LogP contribution in [0, 0.1) is 5.82 Å². The molecular formula is C17H14FNSe. The Morgan fingerprint density at radius 3 is 2.70 bits per heavy atom. The van der Waals surface area contributed by atoms with E-state index >= 15 is 0 Å². The van der Waals surface area contributed by atoms with Crippen LogP contribution in [0.1, 0.15) is 12.0 Å². The number of aliphatic imine (C=N–C) groups is 1. The summed E-state index contributed by atoms with van der Waals surface area (Å²) in [6.45, 7) is 0. The van der Waals surface area contributed by atoms with Crippen molar-refractivity contribution in [2.75, 3.05) is 0 Å². The normalized spacial score (nSPS) is 17.9. The second kappa shape index (κ2) is 6.17. The van der Waals surface area contributed by atoms with Gasteiger partial charge in [-0.1, -0.05) is 0 Å². The van der Waals surface area contributed by atoms with Gasteiger partial charge in [-0.05, 0) is 0 Å². The minimum atomic E-state index is -0.203. The molecular weight excluding hydrogens is 316 g/mol. The second-order valence-corrected chi connectivity index (χ2v) is 7.24. The summed E-state index contributed by atoms with van der Waals surface area (Å²) >= 11 is 0.303. The third-order valence-electron chi connectivity index (χ3n) is 3.12. The number of hydrogen-bond donors (Lipinski definition) is 0. The molecule has 0 fully saturated rings. The van der Waals surface area contributed by atoms with Crippen LogP contribution in [0.4, 0.5) is 4.39 Å². The third kappa shape index (κ3) is 3.06. The summed E-state index contributed by atoms with van der Waals surface area (Å²) in [5, 5.41) is 0. The van der Waals surface area contributed by atoms with E-state index in [9.17, 15) is 4.39 Å². The van der Waals surface area contributed by atoms with Crippen LogP contribution in [-0.2, 0) is 0 Å². The molecule has 0 spiro atoms. The van der Waals surface area contributed by atoms with Gasteiger partial charge in [0.2, 0.25) is 0 Å². The zero-order valence-corrected chi connectivity index (χ0v) is 12.6. The minimum absolute atomic E-state index is 0.203. The monoisotopic (exact) mass is 331 g/mol. The molecule has 1 atom stereocenters. The Kier molecular flexibility index (Phi) is 4.10. The van der Waals surface area contributed by atoms with Crippen molar-refractivity contribution in [2.45, 2.75) is 11.2 Å². The Balaban J connectivity index is 1.87. The molecule has 100 valence electrons. The molecule has 0 aliphatic carbocycles. The molecule has 3 rings (SSSR count). The molecule has 0 bridgehead atoms. The summed E-state index contributed by atoms with van der Waals surface area (Å²) in [6, 6.07) is 17.2. The summed E-state index contributed by atoms with van der Waals surface area (Å²) in [6.07, 6.45) is 4.90. The quantitative estimate of drug-likeness (QED) is 0.766. The van der Waals surface area contributed by atoms with Gasteiger partial charge in [-0.3, -0.25) is 0 Å². The van der Waals surface area contributed by atoms with Crippen LogP contribution < -0.4 is 4.46 Å². The van der Waals surface area contributed by atoms with E-state index in [-0.39, 0.29) is 5.82 Å². The van der Waals surface area contributed by atoms with E-state index in [4.69, 9.17) is 0 Å². The fraction of sp³-hybridized carbons (Fsp3) is 0.118. The van der Waals surface area contributed by atoms with Gasteiger partial charge in [-0.2, -0.15) is 0 Å². The van der Waals surface area contributed by atoms with Crippen molar-refractivity contribution in [1.29, 1.82) is 0 Å². The van der Waals surface area contributed by atoms with Crippen LogP contribution in [0.3, 0.4) is 0 Å². The van der Waals surface area contributed by atoms with Gasteiger partial charge in [-0.25, -0.2) is 0 Å². The topological polar surface area (TPSA) is 12.4 Å². The number of halogens is 1. The number of benzene rings is 2. The first-order valence-corrected chi connectivity index (χ1v) is 8.38.